The van der Waals surface area contributed by atoms with Gasteiger partial charge in [-0.05, 0) is 55.8 Å². The monoisotopic (exact) mass is 262 g/mol. The van der Waals surface area contributed by atoms with Crippen LogP contribution in [0.25, 0.3) is 0 Å². The number of benzene rings is 1. The lowest BCUT2D eigenvalue weighted by Crippen LogP contribution is -2.16. The van der Waals surface area contributed by atoms with Crippen LogP contribution in [-0.2, 0) is 17.7 Å². The average molecular weight is 262 g/mol. The lowest BCUT2D eigenvalue weighted by Gasteiger charge is -2.06. The Bertz CT molecular complexity index is 346. The molecule has 0 atom stereocenters. The summed E-state index contributed by atoms with van der Waals surface area (Å²) in [7, 11) is 0. The maximum atomic E-state index is 5.60. The summed E-state index contributed by atoms with van der Waals surface area (Å²) >= 11 is 0. The van der Waals surface area contributed by atoms with Gasteiger partial charge in [0.15, 0.2) is 0 Å². The molecular weight excluding hydrogens is 236 g/mol. The average Bonchev–Trinajstić information content (AvgIpc) is 3.24. The van der Waals surface area contributed by atoms with Crippen LogP contribution in [0.3, 0.4) is 0 Å². The first kappa shape index (κ1) is 14.5. The molecule has 0 heterocycles. The minimum atomic E-state index is 0.721. The van der Waals surface area contributed by atoms with Gasteiger partial charge in [-0.2, -0.15) is 0 Å². The van der Waals surface area contributed by atoms with Crippen molar-refractivity contribution in [2.24, 2.45) is 11.7 Å². The Balaban J connectivity index is 1.49. The van der Waals surface area contributed by atoms with Gasteiger partial charge in [0, 0.05) is 19.8 Å². The van der Waals surface area contributed by atoms with Crippen molar-refractivity contribution in [3.8, 4) is 0 Å². The number of nitrogens with two attached hydrogens (primary N) is 1. The van der Waals surface area contributed by atoms with Crippen LogP contribution in [0.1, 0.15) is 30.4 Å². The van der Waals surface area contributed by atoms with Crippen LogP contribution in [0.15, 0.2) is 24.3 Å². The number of nitrogens with one attached hydrogen (secondary N) is 1. The minimum Gasteiger partial charge on any atom is -0.381 e. The van der Waals surface area contributed by atoms with E-state index in [4.69, 9.17) is 10.5 Å². The molecule has 0 aliphatic heterocycles. The summed E-state index contributed by atoms with van der Waals surface area (Å²) in [4.78, 5) is 0. The molecule has 1 fully saturated rings. The van der Waals surface area contributed by atoms with Crippen molar-refractivity contribution in [2.75, 3.05) is 26.3 Å². The van der Waals surface area contributed by atoms with Gasteiger partial charge in [-0.1, -0.05) is 24.3 Å². The lowest BCUT2D eigenvalue weighted by molar-refractivity contribution is 0.122. The highest BCUT2D eigenvalue weighted by molar-refractivity contribution is 5.22. The zero-order valence-corrected chi connectivity index (χ0v) is 11.7. The predicted molar refractivity (Wildman–Crippen MR) is 79.1 cm³/mol. The third-order valence-corrected chi connectivity index (χ3v) is 3.48. The summed E-state index contributed by atoms with van der Waals surface area (Å²) < 4.78 is 5.60. The van der Waals surface area contributed by atoms with Crippen LogP contribution in [0.5, 0.6) is 0 Å². The van der Waals surface area contributed by atoms with E-state index in [2.05, 4.69) is 29.6 Å². The van der Waals surface area contributed by atoms with Crippen LogP contribution < -0.4 is 11.1 Å². The van der Waals surface area contributed by atoms with E-state index in [1.165, 1.54) is 24.0 Å². The highest BCUT2D eigenvalue weighted by Gasteiger charge is 2.20. The van der Waals surface area contributed by atoms with E-state index in [1.54, 1.807) is 0 Å². The molecule has 0 bridgehead atoms. The highest BCUT2D eigenvalue weighted by atomic mass is 16.5. The Morgan fingerprint density at radius 2 is 1.89 bits per heavy atom. The van der Waals surface area contributed by atoms with Crippen LogP contribution >= 0.6 is 0 Å². The van der Waals surface area contributed by atoms with Crippen molar-refractivity contribution < 1.29 is 4.74 Å². The molecule has 19 heavy (non-hydrogen) atoms. The molecule has 0 aromatic heterocycles. The minimum absolute atomic E-state index is 0.721. The van der Waals surface area contributed by atoms with Gasteiger partial charge in [0.2, 0.25) is 0 Å². The molecule has 106 valence electrons. The number of hydrogen-bond acceptors (Lipinski definition) is 3. The number of hydrogen-bond donors (Lipinski definition) is 2. The molecule has 0 spiro atoms. The van der Waals surface area contributed by atoms with E-state index in [1.807, 2.05) is 0 Å². The molecule has 0 saturated heterocycles. The first-order chi connectivity index (χ1) is 9.38. The maximum Gasteiger partial charge on any atom is 0.0494 e. The lowest BCUT2D eigenvalue weighted by atomic mass is 10.1. The standard InChI is InChI=1S/C16H26N2O/c17-9-8-14-2-4-15(5-3-14)12-18-10-1-11-19-13-16-6-7-16/h2-5,16,18H,1,6-13,17H2. The van der Waals surface area contributed by atoms with Crippen molar-refractivity contribution in [3.63, 3.8) is 0 Å². The second kappa shape index (κ2) is 8.31. The molecule has 0 radical (unpaired) electrons. The molecule has 0 unspecified atom stereocenters. The fourth-order valence-corrected chi connectivity index (χ4v) is 2.06. The summed E-state index contributed by atoms with van der Waals surface area (Å²) in [5.74, 6) is 0.875. The molecule has 3 N–H and O–H groups in total. The van der Waals surface area contributed by atoms with Crippen molar-refractivity contribution in [3.05, 3.63) is 35.4 Å². The molecule has 3 nitrogen and oxygen atoms in total. The van der Waals surface area contributed by atoms with E-state index >= 15 is 0 Å². The fraction of sp³-hybridized carbons (Fsp3) is 0.625. The summed E-state index contributed by atoms with van der Waals surface area (Å²) in [6.07, 6.45) is 4.81. The van der Waals surface area contributed by atoms with E-state index < -0.39 is 0 Å². The van der Waals surface area contributed by atoms with Crippen LogP contribution in [0.2, 0.25) is 0 Å². The summed E-state index contributed by atoms with van der Waals surface area (Å²) in [6.45, 7) is 4.54. The smallest absolute Gasteiger partial charge is 0.0494 e. The van der Waals surface area contributed by atoms with E-state index in [-0.39, 0.29) is 0 Å². The third-order valence-electron chi connectivity index (χ3n) is 3.48. The fourth-order valence-electron chi connectivity index (χ4n) is 2.06. The first-order valence-corrected chi connectivity index (χ1v) is 7.45. The van der Waals surface area contributed by atoms with E-state index in [0.29, 0.717) is 0 Å². The Labute approximate surface area is 116 Å². The zero-order chi connectivity index (χ0) is 13.3. The van der Waals surface area contributed by atoms with Crippen molar-refractivity contribution in [1.29, 1.82) is 0 Å². The van der Waals surface area contributed by atoms with Gasteiger partial charge < -0.3 is 15.8 Å². The molecule has 1 saturated carbocycles. The van der Waals surface area contributed by atoms with Gasteiger partial charge in [-0.15, -0.1) is 0 Å². The first-order valence-electron chi connectivity index (χ1n) is 7.45. The summed E-state index contributed by atoms with van der Waals surface area (Å²) in [5.41, 5.74) is 8.19. The molecule has 0 amide bonds. The van der Waals surface area contributed by atoms with E-state index in [9.17, 15) is 0 Å². The Hall–Kier alpha value is -0.900. The maximum absolute atomic E-state index is 5.60. The van der Waals surface area contributed by atoms with Crippen molar-refractivity contribution in [2.45, 2.75) is 32.2 Å². The van der Waals surface area contributed by atoms with Gasteiger partial charge in [-0.25, -0.2) is 0 Å². The second-order valence-corrected chi connectivity index (χ2v) is 5.40. The Morgan fingerprint density at radius 1 is 1.16 bits per heavy atom. The molecule has 3 heteroatoms. The van der Waals surface area contributed by atoms with Gasteiger partial charge in [0.25, 0.3) is 0 Å². The molecule has 2 rings (SSSR count). The SMILES string of the molecule is NCCc1ccc(CNCCCOCC2CC2)cc1. The van der Waals surface area contributed by atoms with Crippen LogP contribution in [-0.4, -0.2) is 26.3 Å². The summed E-state index contributed by atoms with van der Waals surface area (Å²) in [5, 5.41) is 3.45. The molecule has 1 aliphatic carbocycles. The van der Waals surface area contributed by atoms with Gasteiger partial charge in [0.05, 0.1) is 0 Å². The van der Waals surface area contributed by atoms with Crippen molar-refractivity contribution >= 4 is 0 Å². The Kier molecular flexibility index (Phi) is 6.34. The molecular formula is C16H26N2O. The van der Waals surface area contributed by atoms with Gasteiger partial charge >= 0.3 is 0 Å². The van der Waals surface area contributed by atoms with Crippen molar-refractivity contribution in [1.82, 2.24) is 5.32 Å². The number of ether oxygens (including phenoxy) is 1. The van der Waals surface area contributed by atoms with Crippen LogP contribution in [0.4, 0.5) is 0 Å². The van der Waals surface area contributed by atoms with Crippen LogP contribution in [0, 0.1) is 5.92 Å². The molecule has 1 aromatic carbocycles. The summed E-state index contributed by atoms with van der Waals surface area (Å²) in [6, 6.07) is 8.70. The normalized spacial score (nSPS) is 14.8. The van der Waals surface area contributed by atoms with E-state index in [0.717, 1.165) is 51.6 Å². The molecule has 1 aromatic rings. The highest BCUT2D eigenvalue weighted by Crippen LogP contribution is 2.28. The molecule has 1 aliphatic rings. The third kappa shape index (κ3) is 6.19. The largest absolute Gasteiger partial charge is 0.381 e. The number of rotatable bonds is 10. The Morgan fingerprint density at radius 3 is 2.58 bits per heavy atom. The quantitative estimate of drug-likeness (QED) is 0.635. The predicted octanol–water partition coefficient (Wildman–Crippen LogP) is 2.09. The van der Waals surface area contributed by atoms with Gasteiger partial charge in [-0.3, -0.25) is 0 Å². The topological polar surface area (TPSA) is 47.3 Å². The second-order valence-electron chi connectivity index (χ2n) is 5.40. The zero-order valence-electron chi connectivity index (χ0n) is 11.7. The van der Waals surface area contributed by atoms with Gasteiger partial charge in [0.1, 0.15) is 0 Å².